The van der Waals surface area contributed by atoms with Crippen LogP contribution in [0, 0.1) is 5.92 Å². The molecular weight excluding hydrogens is 316 g/mol. The first-order valence-corrected chi connectivity index (χ1v) is 8.46. The summed E-state index contributed by atoms with van der Waals surface area (Å²) < 4.78 is 22.0. The van der Waals surface area contributed by atoms with Gasteiger partial charge in [-0.15, -0.1) is 0 Å². The second kappa shape index (κ2) is 6.03. The van der Waals surface area contributed by atoms with Crippen LogP contribution in [-0.4, -0.2) is 21.0 Å². The van der Waals surface area contributed by atoms with Gasteiger partial charge in [-0.25, -0.2) is 0 Å². The number of methoxy groups -OCH3 is 2. The van der Waals surface area contributed by atoms with Gasteiger partial charge in [0.15, 0.2) is 23.0 Å². The fourth-order valence-electron chi connectivity index (χ4n) is 3.79. The van der Waals surface area contributed by atoms with Crippen molar-refractivity contribution in [3.05, 3.63) is 52.6 Å². The Morgan fingerprint density at radius 3 is 2.40 bits per heavy atom. The first-order chi connectivity index (χ1) is 12.1. The van der Waals surface area contributed by atoms with Crippen LogP contribution >= 0.6 is 0 Å². The van der Waals surface area contributed by atoms with E-state index in [1.807, 2.05) is 6.07 Å². The number of hydrogen-bond donors (Lipinski definition) is 0. The third kappa shape index (κ3) is 2.53. The van der Waals surface area contributed by atoms with Crippen molar-refractivity contribution in [2.75, 3.05) is 21.0 Å². The number of hydrogen-bond acceptors (Lipinski definition) is 4. The molecule has 0 fully saturated rings. The fourth-order valence-corrected chi connectivity index (χ4v) is 3.79. The van der Waals surface area contributed by atoms with Crippen molar-refractivity contribution in [3.8, 4) is 23.0 Å². The summed E-state index contributed by atoms with van der Waals surface area (Å²) in [6, 6.07) is 10.4. The van der Waals surface area contributed by atoms with Crippen LogP contribution in [0.1, 0.15) is 36.5 Å². The van der Waals surface area contributed by atoms with E-state index in [9.17, 15) is 0 Å². The van der Waals surface area contributed by atoms with Crippen molar-refractivity contribution in [1.82, 2.24) is 0 Å². The fraction of sp³-hybridized carbons (Fsp3) is 0.333. The molecular formula is C21H22O4. The van der Waals surface area contributed by atoms with Crippen molar-refractivity contribution >= 4 is 6.08 Å². The summed E-state index contributed by atoms with van der Waals surface area (Å²) >= 11 is 0. The van der Waals surface area contributed by atoms with Crippen LogP contribution in [0.25, 0.3) is 6.08 Å². The van der Waals surface area contributed by atoms with E-state index in [0.717, 1.165) is 23.0 Å². The Hall–Kier alpha value is -2.62. The molecule has 0 saturated heterocycles. The normalized spacial score (nSPS) is 20.7. The largest absolute Gasteiger partial charge is 0.493 e. The molecule has 1 aliphatic heterocycles. The van der Waals surface area contributed by atoms with Crippen molar-refractivity contribution < 1.29 is 18.9 Å². The molecule has 2 aliphatic rings. The van der Waals surface area contributed by atoms with Crippen molar-refractivity contribution in [2.24, 2.45) is 5.92 Å². The van der Waals surface area contributed by atoms with Gasteiger partial charge in [0.2, 0.25) is 6.79 Å². The molecule has 0 aromatic heterocycles. The third-order valence-corrected chi connectivity index (χ3v) is 5.28. The first kappa shape index (κ1) is 15.9. The summed E-state index contributed by atoms with van der Waals surface area (Å²) in [6.45, 7) is 4.74. The zero-order valence-corrected chi connectivity index (χ0v) is 15.0. The molecule has 0 spiro atoms. The predicted molar refractivity (Wildman–Crippen MR) is 96.8 cm³/mol. The van der Waals surface area contributed by atoms with Crippen LogP contribution in [0.4, 0.5) is 0 Å². The molecule has 0 bridgehead atoms. The topological polar surface area (TPSA) is 36.9 Å². The van der Waals surface area contributed by atoms with Gasteiger partial charge in [0, 0.05) is 5.92 Å². The Labute approximate surface area is 148 Å². The van der Waals surface area contributed by atoms with E-state index in [0.29, 0.717) is 5.92 Å². The van der Waals surface area contributed by atoms with Gasteiger partial charge in [0.1, 0.15) is 0 Å². The van der Waals surface area contributed by atoms with Gasteiger partial charge < -0.3 is 18.9 Å². The van der Waals surface area contributed by atoms with E-state index in [4.69, 9.17) is 18.9 Å². The van der Waals surface area contributed by atoms with E-state index in [-0.39, 0.29) is 12.7 Å². The van der Waals surface area contributed by atoms with E-state index < -0.39 is 0 Å². The zero-order valence-electron chi connectivity index (χ0n) is 15.0. The van der Waals surface area contributed by atoms with Gasteiger partial charge in [-0.2, -0.15) is 0 Å². The molecule has 0 amide bonds. The molecule has 130 valence electrons. The lowest BCUT2D eigenvalue weighted by molar-refractivity contribution is 0.174. The summed E-state index contributed by atoms with van der Waals surface area (Å²) in [7, 11) is 3.33. The van der Waals surface area contributed by atoms with Gasteiger partial charge >= 0.3 is 0 Å². The van der Waals surface area contributed by atoms with Crippen LogP contribution in [0.15, 0.2) is 35.9 Å². The minimum atomic E-state index is 0.231. The molecule has 4 heteroatoms. The van der Waals surface area contributed by atoms with Crippen molar-refractivity contribution in [3.63, 3.8) is 0 Å². The molecule has 1 heterocycles. The van der Waals surface area contributed by atoms with Crippen LogP contribution < -0.4 is 18.9 Å². The zero-order chi connectivity index (χ0) is 17.6. The second-order valence-corrected chi connectivity index (χ2v) is 6.60. The summed E-state index contributed by atoms with van der Waals surface area (Å²) in [6.07, 6.45) is 2.25. The highest BCUT2D eigenvalue weighted by Gasteiger charge is 2.31. The Morgan fingerprint density at radius 1 is 0.960 bits per heavy atom. The van der Waals surface area contributed by atoms with Crippen molar-refractivity contribution in [1.29, 1.82) is 0 Å². The highest BCUT2D eigenvalue weighted by molar-refractivity contribution is 5.68. The molecule has 4 rings (SSSR count). The quantitative estimate of drug-likeness (QED) is 0.818. The molecule has 2 aromatic rings. The Kier molecular flexibility index (Phi) is 3.83. The second-order valence-electron chi connectivity index (χ2n) is 6.60. The molecule has 25 heavy (non-hydrogen) atoms. The van der Waals surface area contributed by atoms with Crippen LogP contribution in [0.5, 0.6) is 23.0 Å². The molecule has 4 nitrogen and oxygen atoms in total. The summed E-state index contributed by atoms with van der Waals surface area (Å²) in [4.78, 5) is 0. The van der Waals surface area contributed by atoms with Crippen LogP contribution in [0.3, 0.4) is 0 Å². The van der Waals surface area contributed by atoms with E-state index in [1.54, 1.807) is 14.2 Å². The SMILES string of the molecule is COc1ccc([C@@H]2c3cc4c(cc3C=C(C)[C@@H]2C)OCO4)cc1OC. The number of allylic oxidation sites excluding steroid dienone is 1. The maximum absolute atomic E-state index is 5.60. The Balaban J connectivity index is 1.86. The summed E-state index contributed by atoms with van der Waals surface area (Å²) in [5, 5.41) is 0. The highest BCUT2D eigenvalue weighted by Crippen LogP contribution is 2.48. The Bertz CT molecular complexity index is 853. The molecule has 2 atom stereocenters. The molecule has 0 radical (unpaired) electrons. The van der Waals surface area contributed by atoms with Gasteiger partial charge in [-0.3, -0.25) is 0 Å². The van der Waals surface area contributed by atoms with E-state index in [1.165, 1.54) is 22.3 Å². The van der Waals surface area contributed by atoms with Gasteiger partial charge in [0.25, 0.3) is 0 Å². The van der Waals surface area contributed by atoms with E-state index >= 15 is 0 Å². The van der Waals surface area contributed by atoms with Gasteiger partial charge in [-0.05, 0) is 53.8 Å². The number of rotatable bonds is 3. The maximum atomic E-state index is 5.60. The minimum Gasteiger partial charge on any atom is -0.493 e. The Morgan fingerprint density at radius 2 is 1.68 bits per heavy atom. The number of ether oxygens (including phenoxy) is 4. The molecule has 2 aromatic carbocycles. The average Bonchev–Trinajstić information content (AvgIpc) is 3.08. The average molecular weight is 338 g/mol. The highest BCUT2D eigenvalue weighted by atomic mass is 16.7. The molecule has 0 unspecified atom stereocenters. The first-order valence-electron chi connectivity index (χ1n) is 8.46. The maximum Gasteiger partial charge on any atom is 0.231 e. The predicted octanol–water partition coefficient (Wildman–Crippen LogP) is 4.62. The molecule has 0 saturated carbocycles. The number of benzene rings is 2. The monoisotopic (exact) mass is 338 g/mol. The standard InChI is InChI=1S/C21H22O4/c1-12-7-15-9-19-20(25-11-24-19)10-16(15)21(13(12)2)14-5-6-17(22-3)18(8-14)23-4/h5-10,13,21H,11H2,1-4H3/t13-,21+/m0/s1. The lowest BCUT2D eigenvalue weighted by Crippen LogP contribution is -2.17. The van der Waals surface area contributed by atoms with Crippen LogP contribution in [0.2, 0.25) is 0 Å². The third-order valence-electron chi connectivity index (χ3n) is 5.28. The lowest BCUT2D eigenvalue weighted by atomic mass is 9.72. The minimum absolute atomic E-state index is 0.231. The van der Waals surface area contributed by atoms with Crippen LogP contribution in [-0.2, 0) is 0 Å². The summed E-state index contributed by atoms with van der Waals surface area (Å²) in [5.41, 5.74) is 5.01. The number of fused-ring (bicyclic) bond motifs is 2. The summed E-state index contributed by atoms with van der Waals surface area (Å²) in [5.74, 6) is 3.75. The van der Waals surface area contributed by atoms with E-state index in [2.05, 4.69) is 44.2 Å². The van der Waals surface area contributed by atoms with Crippen molar-refractivity contribution in [2.45, 2.75) is 19.8 Å². The smallest absolute Gasteiger partial charge is 0.231 e. The molecule has 1 aliphatic carbocycles. The molecule has 0 N–H and O–H groups in total. The van der Waals surface area contributed by atoms with Gasteiger partial charge in [-0.1, -0.05) is 24.6 Å². The lowest BCUT2D eigenvalue weighted by Gasteiger charge is -2.32. The van der Waals surface area contributed by atoms with Gasteiger partial charge in [0.05, 0.1) is 14.2 Å².